The fourth-order valence-corrected chi connectivity index (χ4v) is 3.01. The summed E-state index contributed by atoms with van der Waals surface area (Å²) in [5, 5.41) is 17.7. The Kier molecular flexibility index (Phi) is 3.74. The Balaban J connectivity index is 1.81. The van der Waals surface area contributed by atoms with Gasteiger partial charge >= 0.3 is 5.97 Å². The van der Waals surface area contributed by atoms with E-state index in [1.165, 1.54) is 0 Å². The van der Waals surface area contributed by atoms with Crippen molar-refractivity contribution >= 4 is 17.1 Å². The molecular formula is C20H15N3O2. The lowest BCUT2D eigenvalue weighted by Crippen LogP contribution is -2.10. The van der Waals surface area contributed by atoms with Crippen LogP contribution in [0.5, 0.6) is 0 Å². The van der Waals surface area contributed by atoms with Gasteiger partial charge in [0.2, 0.25) is 0 Å². The lowest BCUT2D eigenvalue weighted by Gasteiger charge is -2.14. The maximum atomic E-state index is 11.9. The first-order valence-electron chi connectivity index (χ1n) is 7.92. The van der Waals surface area contributed by atoms with E-state index in [4.69, 9.17) is 0 Å². The number of hydrogen-bond donors (Lipinski definition) is 1. The van der Waals surface area contributed by atoms with Crippen molar-refractivity contribution in [1.82, 2.24) is 14.8 Å². The molecule has 122 valence electrons. The predicted octanol–water partition coefficient (Wildman–Crippen LogP) is 3.51. The number of benzene rings is 2. The van der Waals surface area contributed by atoms with Gasteiger partial charge in [-0.1, -0.05) is 66.7 Å². The number of carbonyl (C=O) groups is 1. The van der Waals surface area contributed by atoms with Crippen molar-refractivity contribution in [3.05, 3.63) is 84.5 Å². The van der Waals surface area contributed by atoms with Crippen LogP contribution in [0.25, 0.3) is 22.3 Å². The van der Waals surface area contributed by atoms with Gasteiger partial charge in [-0.05, 0) is 16.7 Å². The number of aliphatic carboxylic acids is 1. The van der Waals surface area contributed by atoms with Crippen LogP contribution >= 0.6 is 0 Å². The molecule has 2 aromatic carbocycles. The third kappa shape index (κ3) is 2.76. The summed E-state index contributed by atoms with van der Waals surface area (Å²) in [7, 11) is 0. The summed E-state index contributed by atoms with van der Waals surface area (Å²) in [6.07, 6.45) is 5.32. The molecule has 4 rings (SSSR count). The van der Waals surface area contributed by atoms with E-state index in [1.807, 2.05) is 65.2 Å². The zero-order valence-electron chi connectivity index (χ0n) is 13.3. The Hall–Kier alpha value is -3.47. The minimum absolute atomic E-state index is 0.227. The van der Waals surface area contributed by atoms with E-state index in [0.29, 0.717) is 23.5 Å². The van der Waals surface area contributed by atoms with Crippen LogP contribution in [0.3, 0.4) is 0 Å². The smallest absolute Gasteiger partial charge is 0.337 e. The van der Waals surface area contributed by atoms with E-state index in [-0.39, 0.29) is 5.57 Å². The number of allylic oxidation sites excluding steroid dienone is 3. The number of rotatable bonds is 3. The molecule has 0 amide bonds. The van der Waals surface area contributed by atoms with Crippen molar-refractivity contribution < 1.29 is 9.90 Å². The van der Waals surface area contributed by atoms with Crippen LogP contribution in [0.2, 0.25) is 0 Å². The van der Waals surface area contributed by atoms with Crippen molar-refractivity contribution in [2.24, 2.45) is 0 Å². The number of nitrogens with zero attached hydrogens (tertiary/aromatic N) is 3. The first-order valence-corrected chi connectivity index (χ1v) is 7.92. The topological polar surface area (TPSA) is 68.0 Å². The summed E-state index contributed by atoms with van der Waals surface area (Å²) in [5.41, 5.74) is 3.58. The highest BCUT2D eigenvalue weighted by Crippen LogP contribution is 2.30. The quantitative estimate of drug-likeness (QED) is 0.747. The van der Waals surface area contributed by atoms with Gasteiger partial charge < -0.3 is 9.67 Å². The third-order valence-electron chi connectivity index (χ3n) is 4.21. The predicted molar refractivity (Wildman–Crippen MR) is 95.5 cm³/mol. The second-order valence-corrected chi connectivity index (χ2v) is 5.75. The molecule has 0 aliphatic carbocycles. The van der Waals surface area contributed by atoms with E-state index in [0.717, 1.165) is 11.1 Å². The Morgan fingerprint density at radius 2 is 1.72 bits per heavy atom. The summed E-state index contributed by atoms with van der Waals surface area (Å²) in [6.45, 7) is 0.645. The SMILES string of the molecule is O=C(O)C(=C1C=CCn2cnnc21)c1ccc(-c2ccccc2)cc1. The lowest BCUT2D eigenvalue weighted by molar-refractivity contribution is -0.130. The van der Waals surface area contributed by atoms with Crippen LogP contribution in [-0.2, 0) is 11.3 Å². The average molecular weight is 329 g/mol. The molecule has 0 saturated carbocycles. The second-order valence-electron chi connectivity index (χ2n) is 5.75. The van der Waals surface area contributed by atoms with Crippen LogP contribution in [-0.4, -0.2) is 25.8 Å². The summed E-state index contributed by atoms with van der Waals surface area (Å²) >= 11 is 0. The first-order chi connectivity index (χ1) is 12.2. The summed E-state index contributed by atoms with van der Waals surface area (Å²) < 4.78 is 1.83. The molecule has 0 bridgehead atoms. The minimum atomic E-state index is -0.983. The Labute approximate surface area is 144 Å². The fourth-order valence-electron chi connectivity index (χ4n) is 3.01. The van der Waals surface area contributed by atoms with Crippen LogP contribution in [0.15, 0.2) is 73.1 Å². The third-order valence-corrected chi connectivity index (χ3v) is 4.21. The van der Waals surface area contributed by atoms with Gasteiger partial charge in [0.05, 0.1) is 5.57 Å². The molecule has 0 spiro atoms. The van der Waals surface area contributed by atoms with E-state index in [1.54, 1.807) is 12.4 Å². The zero-order valence-corrected chi connectivity index (χ0v) is 13.3. The molecule has 5 heteroatoms. The first kappa shape index (κ1) is 15.1. The fraction of sp³-hybridized carbons (Fsp3) is 0.0500. The molecule has 0 radical (unpaired) electrons. The molecule has 3 aromatic rings. The number of aromatic nitrogens is 3. The molecule has 0 unspecified atom stereocenters. The molecule has 1 aromatic heterocycles. The standard InChI is InChI=1S/C20H15N3O2/c24-20(25)18(17-7-4-12-23-13-21-22-19(17)23)16-10-8-15(9-11-16)14-5-2-1-3-6-14/h1-11,13H,12H2,(H,24,25). The molecule has 0 saturated heterocycles. The monoisotopic (exact) mass is 329 g/mol. The number of carboxylic acid groups (broad SMARTS) is 1. The van der Waals surface area contributed by atoms with Gasteiger partial charge in [0.15, 0.2) is 5.82 Å². The largest absolute Gasteiger partial charge is 0.478 e. The summed E-state index contributed by atoms with van der Waals surface area (Å²) in [6, 6.07) is 17.5. The molecule has 1 N–H and O–H groups in total. The Bertz CT molecular complexity index is 983. The van der Waals surface area contributed by atoms with Gasteiger partial charge in [-0.25, -0.2) is 4.79 Å². The van der Waals surface area contributed by atoms with E-state index in [9.17, 15) is 9.90 Å². The molecule has 0 fully saturated rings. The zero-order chi connectivity index (χ0) is 17.2. The van der Waals surface area contributed by atoms with Crippen molar-refractivity contribution in [2.75, 3.05) is 0 Å². The number of fused-ring (bicyclic) bond motifs is 1. The van der Waals surface area contributed by atoms with Gasteiger partial charge in [-0.2, -0.15) is 0 Å². The van der Waals surface area contributed by atoms with Gasteiger partial charge in [0, 0.05) is 12.1 Å². The Morgan fingerprint density at radius 3 is 2.44 bits per heavy atom. The van der Waals surface area contributed by atoms with Gasteiger partial charge in [0.25, 0.3) is 0 Å². The van der Waals surface area contributed by atoms with E-state index in [2.05, 4.69) is 10.2 Å². The Morgan fingerprint density at radius 1 is 1.00 bits per heavy atom. The number of carboxylic acids is 1. The summed E-state index contributed by atoms with van der Waals surface area (Å²) in [5.74, 6) is -0.407. The highest BCUT2D eigenvalue weighted by atomic mass is 16.4. The van der Waals surface area contributed by atoms with E-state index >= 15 is 0 Å². The van der Waals surface area contributed by atoms with Crippen LogP contribution < -0.4 is 0 Å². The second kappa shape index (κ2) is 6.20. The van der Waals surface area contributed by atoms with Gasteiger partial charge in [0.1, 0.15) is 6.33 Å². The summed E-state index contributed by atoms with van der Waals surface area (Å²) in [4.78, 5) is 11.9. The molecule has 1 aliphatic heterocycles. The highest BCUT2D eigenvalue weighted by Gasteiger charge is 2.22. The van der Waals surface area contributed by atoms with E-state index < -0.39 is 5.97 Å². The van der Waals surface area contributed by atoms with Gasteiger partial charge in [-0.15, -0.1) is 10.2 Å². The lowest BCUT2D eigenvalue weighted by atomic mass is 9.95. The minimum Gasteiger partial charge on any atom is -0.478 e. The van der Waals surface area contributed by atoms with Gasteiger partial charge in [-0.3, -0.25) is 0 Å². The van der Waals surface area contributed by atoms with Crippen LogP contribution in [0, 0.1) is 0 Å². The molecule has 2 heterocycles. The maximum absolute atomic E-state index is 11.9. The average Bonchev–Trinajstić information content (AvgIpc) is 3.13. The van der Waals surface area contributed by atoms with Crippen molar-refractivity contribution in [3.63, 3.8) is 0 Å². The van der Waals surface area contributed by atoms with Crippen molar-refractivity contribution in [1.29, 1.82) is 0 Å². The van der Waals surface area contributed by atoms with Crippen LogP contribution in [0.4, 0.5) is 0 Å². The maximum Gasteiger partial charge on any atom is 0.337 e. The molecule has 1 aliphatic rings. The molecule has 0 atom stereocenters. The van der Waals surface area contributed by atoms with Crippen molar-refractivity contribution in [2.45, 2.75) is 6.54 Å². The highest BCUT2D eigenvalue weighted by molar-refractivity contribution is 6.24. The number of hydrogen-bond acceptors (Lipinski definition) is 3. The van der Waals surface area contributed by atoms with Crippen LogP contribution in [0.1, 0.15) is 11.4 Å². The molecular weight excluding hydrogens is 314 g/mol. The van der Waals surface area contributed by atoms with Crippen molar-refractivity contribution in [3.8, 4) is 11.1 Å². The normalized spacial score (nSPS) is 14.9. The molecule has 25 heavy (non-hydrogen) atoms. The molecule has 5 nitrogen and oxygen atoms in total.